The van der Waals surface area contributed by atoms with E-state index in [9.17, 15) is 8.42 Å². The van der Waals surface area contributed by atoms with Gasteiger partial charge in [0.2, 0.25) is 0 Å². The molecule has 1 aromatic rings. The summed E-state index contributed by atoms with van der Waals surface area (Å²) in [6.45, 7) is 4.15. The molecule has 0 bridgehead atoms. The van der Waals surface area contributed by atoms with Gasteiger partial charge in [0.15, 0.2) is 9.84 Å². The van der Waals surface area contributed by atoms with E-state index >= 15 is 0 Å². The van der Waals surface area contributed by atoms with Crippen molar-refractivity contribution in [1.82, 2.24) is 5.32 Å². The highest BCUT2D eigenvalue weighted by molar-refractivity contribution is 7.90. The van der Waals surface area contributed by atoms with Gasteiger partial charge in [0.1, 0.15) is 12.4 Å². The van der Waals surface area contributed by atoms with Gasteiger partial charge < -0.3 is 14.8 Å². The molecule has 21 heavy (non-hydrogen) atoms. The first-order chi connectivity index (χ1) is 9.97. The number of hydrogen-bond donors (Lipinski definition) is 1. The van der Waals surface area contributed by atoms with Gasteiger partial charge in [-0.15, -0.1) is 0 Å². The van der Waals surface area contributed by atoms with Gasteiger partial charge >= 0.3 is 0 Å². The van der Waals surface area contributed by atoms with Crippen LogP contribution in [0.5, 0.6) is 5.75 Å². The van der Waals surface area contributed by atoms with Crippen molar-refractivity contribution < 1.29 is 17.9 Å². The summed E-state index contributed by atoms with van der Waals surface area (Å²) in [6.07, 6.45) is 3.71. The zero-order chi connectivity index (χ0) is 15.3. The quantitative estimate of drug-likeness (QED) is 0.775. The third-order valence-electron chi connectivity index (χ3n) is 3.59. The van der Waals surface area contributed by atoms with E-state index in [-0.39, 0.29) is 4.90 Å². The number of sulfone groups is 1. The minimum atomic E-state index is -3.19. The lowest BCUT2D eigenvalue weighted by Crippen LogP contribution is -2.39. The van der Waals surface area contributed by atoms with E-state index in [1.807, 2.05) is 0 Å². The highest BCUT2D eigenvalue weighted by Gasteiger charge is 2.21. The molecule has 1 fully saturated rings. The smallest absolute Gasteiger partial charge is 0.175 e. The molecule has 1 N–H and O–H groups in total. The Labute approximate surface area is 126 Å². The maximum atomic E-state index is 11.5. The fraction of sp³-hybridized carbons (Fsp3) is 0.600. The lowest BCUT2D eigenvalue weighted by molar-refractivity contribution is 0.0824. The predicted octanol–water partition coefficient (Wildman–Crippen LogP) is 1.63. The molecular weight excluding hydrogens is 290 g/mol. The predicted molar refractivity (Wildman–Crippen MR) is 81.5 cm³/mol. The fourth-order valence-electron chi connectivity index (χ4n) is 2.38. The summed E-state index contributed by atoms with van der Waals surface area (Å²) in [7, 11) is -3.19. The monoisotopic (exact) mass is 313 g/mol. The fourth-order valence-corrected chi connectivity index (χ4v) is 3.03. The lowest BCUT2D eigenvalue weighted by atomic mass is 10.1. The summed E-state index contributed by atoms with van der Waals surface area (Å²) >= 11 is 0. The zero-order valence-electron chi connectivity index (χ0n) is 12.5. The molecular formula is C15H23NO4S. The molecule has 1 aliphatic heterocycles. The second-order valence-electron chi connectivity index (χ2n) is 5.39. The number of benzene rings is 1. The van der Waals surface area contributed by atoms with Crippen molar-refractivity contribution in [3.8, 4) is 5.75 Å². The Morgan fingerprint density at radius 2 is 2.29 bits per heavy atom. The molecule has 0 saturated carbocycles. The molecule has 2 atom stereocenters. The summed E-state index contributed by atoms with van der Waals surface area (Å²) in [5.74, 6) is 0.574. The molecule has 5 nitrogen and oxygen atoms in total. The Morgan fingerprint density at radius 1 is 1.48 bits per heavy atom. The van der Waals surface area contributed by atoms with Crippen LogP contribution in [0.2, 0.25) is 0 Å². The molecule has 0 amide bonds. The average Bonchev–Trinajstić information content (AvgIpc) is 2.97. The summed E-state index contributed by atoms with van der Waals surface area (Å²) in [4.78, 5) is 0.278. The van der Waals surface area contributed by atoms with Crippen molar-refractivity contribution in [2.75, 3.05) is 26.0 Å². The normalized spacial score (nSPS) is 20.4. The summed E-state index contributed by atoms with van der Waals surface area (Å²) in [5.41, 5.74) is 0. The van der Waals surface area contributed by atoms with Crippen LogP contribution in [0.1, 0.15) is 19.8 Å². The second kappa shape index (κ2) is 7.24. The lowest BCUT2D eigenvalue weighted by Gasteiger charge is -2.20. The number of rotatable bonds is 7. The van der Waals surface area contributed by atoms with E-state index in [4.69, 9.17) is 9.47 Å². The van der Waals surface area contributed by atoms with Crippen LogP contribution in [0.15, 0.2) is 29.2 Å². The molecule has 1 aliphatic rings. The van der Waals surface area contributed by atoms with Gasteiger partial charge in [-0.1, -0.05) is 6.07 Å². The molecule has 0 aliphatic carbocycles. The van der Waals surface area contributed by atoms with Crippen LogP contribution in [-0.2, 0) is 14.6 Å². The third kappa shape index (κ3) is 4.98. The SMILES string of the molecule is CC(NCCOc1cccc(S(C)(=O)=O)c1)C1CCCO1. The standard InChI is InChI=1S/C15H23NO4S/c1-12(15-7-4-9-20-15)16-8-10-19-13-5-3-6-14(11-13)21(2,17)18/h3,5-6,11-12,15-16H,4,7-10H2,1-2H3. The van der Waals surface area contributed by atoms with E-state index in [2.05, 4.69) is 12.2 Å². The summed E-state index contributed by atoms with van der Waals surface area (Å²) in [6, 6.07) is 6.88. The molecule has 1 aromatic carbocycles. The van der Waals surface area contributed by atoms with Crippen molar-refractivity contribution in [3.05, 3.63) is 24.3 Å². The molecule has 2 unspecified atom stereocenters. The van der Waals surface area contributed by atoms with Crippen molar-refractivity contribution in [3.63, 3.8) is 0 Å². The molecule has 6 heteroatoms. The van der Waals surface area contributed by atoms with E-state index in [1.165, 1.54) is 6.26 Å². The van der Waals surface area contributed by atoms with Crippen molar-refractivity contribution in [2.24, 2.45) is 0 Å². The molecule has 118 valence electrons. The van der Waals surface area contributed by atoms with Gasteiger partial charge in [-0.25, -0.2) is 8.42 Å². The molecule has 1 saturated heterocycles. The van der Waals surface area contributed by atoms with Gasteiger partial charge in [-0.3, -0.25) is 0 Å². The van der Waals surface area contributed by atoms with Crippen molar-refractivity contribution in [2.45, 2.75) is 36.8 Å². The van der Waals surface area contributed by atoms with Gasteiger partial charge in [-0.2, -0.15) is 0 Å². The first-order valence-electron chi connectivity index (χ1n) is 7.25. The van der Waals surface area contributed by atoms with Crippen LogP contribution in [0.4, 0.5) is 0 Å². The number of hydrogen-bond acceptors (Lipinski definition) is 5. The Balaban J connectivity index is 1.76. The van der Waals surface area contributed by atoms with E-state index in [0.29, 0.717) is 31.0 Å². The Bertz CT molecular complexity index is 553. The van der Waals surface area contributed by atoms with Crippen molar-refractivity contribution in [1.29, 1.82) is 0 Å². The van der Waals surface area contributed by atoms with Crippen LogP contribution in [0.25, 0.3) is 0 Å². The minimum Gasteiger partial charge on any atom is -0.492 e. The molecule has 1 heterocycles. The van der Waals surface area contributed by atoms with Crippen LogP contribution in [-0.4, -0.2) is 46.6 Å². The van der Waals surface area contributed by atoms with Crippen LogP contribution in [0.3, 0.4) is 0 Å². The first kappa shape index (κ1) is 16.3. The van der Waals surface area contributed by atoms with Crippen LogP contribution in [0, 0.1) is 0 Å². The van der Waals surface area contributed by atoms with Crippen molar-refractivity contribution >= 4 is 9.84 Å². The van der Waals surface area contributed by atoms with E-state index in [0.717, 1.165) is 19.4 Å². The third-order valence-corrected chi connectivity index (χ3v) is 4.70. The largest absolute Gasteiger partial charge is 0.492 e. The maximum Gasteiger partial charge on any atom is 0.175 e. The highest BCUT2D eigenvalue weighted by atomic mass is 32.2. The van der Waals surface area contributed by atoms with Crippen LogP contribution >= 0.6 is 0 Å². The zero-order valence-corrected chi connectivity index (χ0v) is 13.4. The molecule has 0 radical (unpaired) electrons. The molecule has 0 aromatic heterocycles. The first-order valence-corrected chi connectivity index (χ1v) is 9.14. The number of ether oxygens (including phenoxy) is 2. The minimum absolute atomic E-state index is 0.278. The second-order valence-corrected chi connectivity index (χ2v) is 7.41. The highest BCUT2D eigenvalue weighted by Crippen LogP contribution is 2.17. The maximum absolute atomic E-state index is 11.5. The van der Waals surface area contributed by atoms with Crippen LogP contribution < -0.4 is 10.1 Å². The van der Waals surface area contributed by atoms with E-state index in [1.54, 1.807) is 24.3 Å². The van der Waals surface area contributed by atoms with E-state index < -0.39 is 9.84 Å². The Morgan fingerprint density at radius 3 is 2.95 bits per heavy atom. The van der Waals surface area contributed by atoms with Gasteiger partial charge in [0.25, 0.3) is 0 Å². The topological polar surface area (TPSA) is 64.6 Å². The van der Waals surface area contributed by atoms with Gasteiger partial charge in [-0.05, 0) is 38.0 Å². The molecule has 0 spiro atoms. The van der Waals surface area contributed by atoms with Gasteiger partial charge in [0.05, 0.1) is 11.0 Å². The molecule has 2 rings (SSSR count). The van der Waals surface area contributed by atoms with Gasteiger partial charge in [0, 0.05) is 25.4 Å². The Hall–Kier alpha value is -1.11. The summed E-state index contributed by atoms with van der Waals surface area (Å²) in [5, 5.41) is 3.37. The Kier molecular flexibility index (Phi) is 5.61. The summed E-state index contributed by atoms with van der Waals surface area (Å²) < 4.78 is 34.1. The number of nitrogens with one attached hydrogen (secondary N) is 1. The average molecular weight is 313 g/mol.